The standard InChI is InChI=1S/C14H28N2O/c1-2-16-9-4-6-13(8-10-16)15-14-7-3-5-12(14)11-17/h12-15,17H,2-11H2,1H3. The quantitative estimate of drug-likeness (QED) is 0.784. The van der Waals surface area contributed by atoms with E-state index in [0.29, 0.717) is 24.6 Å². The summed E-state index contributed by atoms with van der Waals surface area (Å²) < 4.78 is 0. The molecule has 0 radical (unpaired) electrons. The molecule has 0 aromatic carbocycles. The average molecular weight is 240 g/mol. The van der Waals surface area contributed by atoms with Gasteiger partial charge in [-0.3, -0.25) is 0 Å². The average Bonchev–Trinajstić information content (AvgIpc) is 2.67. The molecule has 2 N–H and O–H groups in total. The monoisotopic (exact) mass is 240 g/mol. The van der Waals surface area contributed by atoms with Crippen LogP contribution in [0.2, 0.25) is 0 Å². The van der Waals surface area contributed by atoms with Crippen LogP contribution in [0, 0.1) is 5.92 Å². The highest BCUT2D eigenvalue weighted by atomic mass is 16.3. The summed E-state index contributed by atoms with van der Waals surface area (Å²) in [6, 6.07) is 1.27. The van der Waals surface area contributed by atoms with Gasteiger partial charge in [-0.25, -0.2) is 0 Å². The predicted molar refractivity (Wildman–Crippen MR) is 71.1 cm³/mol. The van der Waals surface area contributed by atoms with Gasteiger partial charge < -0.3 is 15.3 Å². The fourth-order valence-electron chi connectivity index (χ4n) is 3.42. The molecule has 1 saturated heterocycles. The van der Waals surface area contributed by atoms with E-state index in [2.05, 4.69) is 17.1 Å². The van der Waals surface area contributed by atoms with Crippen molar-refractivity contribution < 1.29 is 5.11 Å². The molecular weight excluding hydrogens is 212 g/mol. The third-order valence-corrected chi connectivity index (χ3v) is 4.61. The highest BCUT2D eigenvalue weighted by Crippen LogP contribution is 2.26. The fraction of sp³-hybridized carbons (Fsp3) is 1.00. The Morgan fingerprint density at radius 1 is 1.12 bits per heavy atom. The lowest BCUT2D eigenvalue weighted by atomic mass is 10.0. The Balaban J connectivity index is 1.78. The molecule has 3 heteroatoms. The molecule has 0 amide bonds. The molecule has 1 aliphatic heterocycles. The van der Waals surface area contributed by atoms with Crippen molar-refractivity contribution in [3.63, 3.8) is 0 Å². The second-order valence-electron chi connectivity index (χ2n) is 5.71. The number of rotatable bonds is 4. The first kappa shape index (κ1) is 13.3. The second-order valence-corrected chi connectivity index (χ2v) is 5.71. The first-order chi connectivity index (χ1) is 8.33. The summed E-state index contributed by atoms with van der Waals surface area (Å²) >= 11 is 0. The first-order valence-corrected chi connectivity index (χ1v) is 7.42. The van der Waals surface area contributed by atoms with Gasteiger partial charge in [0, 0.05) is 18.7 Å². The van der Waals surface area contributed by atoms with Gasteiger partial charge in [0.2, 0.25) is 0 Å². The molecular formula is C14H28N2O. The number of hydrogen-bond donors (Lipinski definition) is 2. The predicted octanol–water partition coefficient (Wildman–Crippen LogP) is 1.61. The summed E-state index contributed by atoms with van der Waals surface area (Å²) in [5, 5.41) is 13.2. The fourth-order valence-corrected chi connectivity index (χ4v) is 3.42. The first-order valence-electron chi connectivity index (χ1n) is 7.42. The van der Waals surface area contributed by atoms with Crippen molar-refractivity contribution in [3.05, 3.63) is 0 Å². The largest absolute Gasteiger partial charge is 0.396 e. The number of hydrogen-bond acceptors (Lipinski definition) is 3. The van der Waals surface area contributed by atoms with E-state index in [1.165, 1.54) is 58.2 Å². The Hall–Kier alpha value is -0.120. The van der Waals surface area contributed by atoms with Crippen LogP contribution < -0.4 is 5.32 Å². The van der Waals surface area contributed by atoms with Gasteiger partial charge in [-0.15, -0.1) is 0 Å². The molecule has 2 aliphatic rings. The maximum absolute atomic E-state index is 9.35. The molecule has 2 rings (SSSR count). The molecule has 3 unspecified atom stereocenters. The van der Waals surface area contributed by atoms with Gasteiger partial charge in [0.05, 0.1) is 0 Å². The zero-order valence-electron chi connectivity index (χ0n) is 11.2. The molecule has 1 heterocycles. The number of nitrogens with zero attached hydrogens (tertiary/aromatic N) is 1. The lowest BCUT2D eigenvalue weighted by molar-refractivity contribution is 0.196. The summed E-state index contributed by atoms with van der Waals surface area (Å²) in [6.07, 6.45) is 7.67. The smallest absolute Gasteiger partial charge is 0.0474 e. The van der Waals surface area contributed by atoms with Gasteiger partial charge in [0.1, 0.15) is 0 Å². The van der Waals surface area contributed by atoms with E-state index in [-0.39, 0.29) is 0 Å². The Morgan fingerprint density at radius 2 is 2.00 bits per heavy atom. The van der Waals surface area contributed by atoms with E-state index < -0.39 is 0 Å². The van der Waals surface area contributed by atoms with E-state index in [0.717, 1.165) is 0 Å². The van der Waals surface area contributed by atoms with Gasteiger partial charge in [-0.05, 0) is 57.7 Å². The summed E-state index contributed by atoms with van der Waals surface area (Å²) in [6.45, 7) is 6.32. The van der Waals surface area contributed by atoms with Crippen molar-refractivity contribution in [1.82, 2.24) is 10.2 Å². The normalized spacial score (nSPS) is 36.0. The van der Waals surface area contributed by atoms with E-state index in [4.69, 9.17) is 0 Å². The van der Waals surface area contributed by atoms with Gasteiger partial charge in [0.25, 0.3) is 0 Å². The van der Waals surface area contributed by atoms with Crippen molar-refractivity contribution >= 4 is 0 Å². The topological polar surface area (TPSA) is 35.5 Å². The lowest BCUT2D eigenvalue weighted by Gasteiger charge is -2.25. The highest BCUT2D eigenvalue weighted by molar-refractivity contribution is 4.86. The van der Waals surface area contributed by atoms with E-state index in [1.807, 2.05) is 0 Å². The van der Waals surface area contributed by atoms with Crippen LogP contribution in [0.1, 0.15) is 45.4 Å². The zero-order valence-corrected chi connectivity index (χ0v) is 11.2. The van der Waals surface area contributed by atoms with Crippen molar-refractivity contribution in [1.29, 1.82) is 0 Å². The van der Waals surface area contributed by atoms with E-state index in [1.54, 1.807) is 0 Å². The van der Waals surface area contributed by atoms with Gasteiger partial charge in [-0.1, -0.05) is 13.3 Å². The maximum Gasteiger partial charge on any atom is 0.0474 e. The number of aliphatic hydroxyl groups is 1. The minimum Gasteiger partial charge on any atom is -0.396 e. The summed E-state index contributed by atoms with van der Waals surface area (Å²) in [4.78, 5) is 2.56. The van der Waals surface area contributed by atoms with Crippen LogP contribution in [-0.2, 0) is 0 Å². The summed E-state index contributed by atoms with van der Waals surface area (Å²) in [7, 11) is 0. The lowest BCUT2D eigenvalue weighted by Crippen LogP contribution is -2.41. The highest BCUT2D eigenvalue weighted by Gasteiger charge is 2.28. The van der Waals surface area contributed by atoms with E-state index >= 15 is 0 Å². The van der Waals surface area contributed by atoms with Crippen molar-refractivity contribution in [2.24, 2.45) is 5.92 Å². The molecule has 2 fully saturated rings. The van der Waals surface area contributed by atoms with Crippen LogP contribution in [-0.4, -0.2) is 48.3 Å². The minimum absolute atomic E-state index is 0.367. The molecule has 0 aromatic heterocycles. The van der Waals surface area contributed by atoms with Crippen molar-refractivity contribution in [2.75, 3.05) is 26.2 Å². The van der Waals surface area contributed by atoms with Gasteiger partial charge >= 0.3 is 0 Å². The summed E-state index contributed by atoms with van der Waals surface area (Å²) in [5.74, 6) is 0.514. The third kappa shape index (κ3) is 3.67. The van der Waals surface area contributed by atoms with Crippen LogP contribution in [0.25, 0.3) is 0 Å². The van der Waals surface area contributed by atoms with Crippen LogP contribution in [0.4, 0.5) is 0 Å². The van der Waals surface area contributed by atoms with Crippen LogP contribution >= 0.6 is 0 Å². The van der Waals surface area contributed by atoms with Crippen molar-refractivity contribution in [2.45, 2.75) is 57.5 Å². The minimum atomic E-state index is 0.367. The molecule has 100 valence electrons. The van der Waals surface area contributed by atoms with E-state index in [9.17, 15) is 5.11 Å². The Morgan fingerprint density at radius 3 is 2.76 bits per heavy atom. The maximum atomic E-state index is 9.35. The van der Waals surface area contributed by atoms with Crippen LogP contribution in [0.3, 0.4) is 0 Å². The Kier molecular flexibility index (Phi) is 5.26. The molecule has 1 saturated carbocycles. The molecule has 0 bridgehead atoms. The molecule has 1 aliphatic carbocycles. The zero-order chi connectivity index (χ0) is 12.1. The molecule has 17 heavy (non-hydrogen) atoms. The SMILES string of the molecule is CCN1CCCC(NC2CCCC2CO)CC1. The van der Waals surface area contributed by atoms with Gasteiger partial charge in [-0.2, -0.15) is 0 Å². The van der Waals surface area contributed by atoms with Crippen molar-refractivity contribution in [3.8, 4) is 0 Å². The molecule has 0 spiro atoms. The summed E-state index contributed by atoms with van der Waals surface area (Å²) in [5.41, 5.74) is 0. The molecule has 3 atom stereocenters. The Labute approximate surface area is 106 Å². The second kappa shape index (κ2) is 6.72. The van der Waals surface area contributed by atoms with Crippen LogP contribution in [0.15, 0.2) is 0 Å². The molecule has 0 aromatic rings. The number of aliphatic hydroxyl groups excluding tert-OH is 1. The number of likely N-dealkylation sites (tertiary alicyclic amines) is 1. The Bertz CT molecular complexity index is 222. The van der Waals surface area contributed by atoms with Gasteiger partial charge in [0.15, 0.2) is 0 Å². The van der Waals surface area contributed by atoms with Crippen LogP contribution in [0.5, 0.6) is 0 Å². The third-order valence-electron chi connectivity index (χ3n) is 4.61. The molecule has 3 nitrogen and oxygen atoms in total. The number of nitrogens with one attached hydrogen (secondary N) is 1.